The van der Waals surface area contributed by atoms with Crippen LogP contribution in [0.25, 0.3) is 0 Å². The van der Waals surface area contributed by atoms with E-state index in [0.717, 1.165) is 32.1 Å². The first-order chi connectivity index (χ1) is 8.04. The summed E-state index contributed by atoms with van der Waals surface area (Å²) in [5.41, 5.74) is 0. The largest absolute Gasteiger partial charge is 0.316 e. The molecule has 0 spiro atoms. The van der Waals surface area contributed by atoms with Gasteiger partial charge in [-0.2, -0.15) is 0 Å². The summed E-state index contributed by atoms with van der Waals surface area (Å²) in [5, 5.41) is 2.84. The third kappa shape index (κ3) is 3.68. The van der Waals surface area contributed by atoms with E-state index < -0.39 is 9.84 Å². The maximum atomic E-state index is 12.5. The van der Waals surface area contributed by atoms with Crippen molar-refractivity contribution in [2.75, 3.05) is 7.05 Å². The summed E-state index contributed by atoms with van der Waals surface area (Å²) in [6, 6.07) is 0.147. The fourth-order valence-electron chi connectivity index (χ4n) is 2.70. The van der Waals surface area contributed by atoms with E-state index in [1.165, 1.54) is 12.8 Å². The lowest BCUT2D eigenvalue weighted by Gasteiger charge is -2.30. The van der Waals surface area contributed by atoms with Gasteiger partial charge in [-0.05, 0) is 33.2 Å². The van der Waals surface area contributed by atoms with Crippen LogP contribution in [0.4, 0.5) is 0 Å². The quantitative estimate of drug-likeness (QED) is 0.846. The standard InChI is InChI=1S/C13H27NO2S/c1-4-11(2)17(15,16)13-10-8-6-5-7-9-12(13)14-3/h11-14H,4-10H2,1-3H3. The van der Waals surface area contributed by atoms with Gasteiger partial charge in [0, 0.05) is 6.04 Å². The van der Waals surface area contributed by atoms with Crippen LogP contribution < -0.4 is 5.32 Å². The highest BCUT2D eigenvalue weighted by molar-refractivity contribution is 7.92. The molecule has 4 heteroatoms. The second kappa shape index (κ2) is 6.74. The lowest BCUT2D eigenvalue weighted by molar-refractivity contribution is 0.403. The Morgan fingerprint density at radius 3 is 2.29 bits per heavy atom. The average molecular weight is 261 g/mol. The molecule has 1 rings (SSSR count). The Morgan fingerprint density at radius 2 is 1.76 bits per heavy atom. The molecule has 0 aromatic carbocycles. The van der Waals surface area contributed by atoms with Crippen LogP contribution in [0.15, 0.2) is 0 Å². The molecule has 1 N–H and O–H groups in total. The van der Waals surface area contributed by atoms with Crippen molar-refractivity contribution in [3.63, 3.8) is 0 Å². The molecule has 0 heterocycles. The second-order valence-electron chi connectivity index (χ2n) is 5.23. The van der Waals surface area contributed by atoms with Crippen LogP contribution >= 0.6 is 0 Å². The smallest absolute Gasteiger partial charge is 0.157 e. The van der Waals surface area contributed by atoms with Crippen molar-refractivity contribution in [3.05, 3.63) is 0 Å². The van der Waals surface area contributed by atoms with Crippen molar-refractivity contribution < 1.29 is 8.42 Å². The summed E-state index contributed by atoms with van der Waals surface area (Å²) >= 11 is 0. The molecule has 0 aromatic heterocycles. The van der Waals surface area contributed by atoms with Gasteiger partial charge in [0.2, 0.25) is 0 Å². The molecule has 1 saturated carbocycles. The predicted octanol–water partition coefficient (Wildman–Crippen LogP) is 2.51. The molecule has 3 unspecified atom stereocenters. The summed E-state index contributed by atoms with van der Waals surface area (Å²) in [6.45, 7) is 3.81. The van der Waals surface area contributed by atoms with E-state index in [1.807, 2.05) is 20.9 Å². The molecule has 0 bridgehead atoms. The molecule has 102 valence electrons. The number of hydrogen-bond acceptors (Lipinski definition) is 3. The van der Waals surface area contributed by atoms with Crippen LogP contribution in [0, 0.1) is 0 Å². The van der Waals surface area contributed by atoms with Gasteiger partial charge < -0.3 is 5.32 Å². The highest BCUT2D eigenvalue weighted by atomic mass is 32.2. The molecule has 0 saturated heterocycles. The minimum Gasteiger partial charge on any atom is -0.316 e. The van der Waals surface area contributed by atoms with E-state index >= 15 is 0 Å². The van der Waals surface area contributed by atoms with Crippen molar-refractivity contribution in [2.24, 2.45) is 0 Å². The Labute approximate surface area is 106 Å². The molecular formula is C13H27NO2S. The predicted molar refractivity (Wildman–Crippen MR) is 73.0 cm³/mol. The van der Waals surface area contributed by atoms with Gasteiger partial charge in [-0.25, -0.2) is 8.42 Å². The van der Waals surface area contributed by atoms with E-state index in [4.69, 9.17) is 0 Å². The topological polar surface area (TPSA) is 46.2 Å². The van der Waals surface area contributed by atoms with E-state index in [-0.39, 0.29) is 16.5 Å². The summed E-state index contributed by atoms with van der Waals surface area (Å²) < 4.78 is 25.0. The normalized spacial score (nSPS) is 29.4. The Kier molecular flexibility index (Phi) is 5.93. The van der Waals surface area contributed by atoms with Gasteiger partial charge in [0.15, 0.2) is 9.84 Å². The molecule has 3 atom stereocenters. The lowest BCUT2D eigenvalue weighted by Crippen LogP contribution is -2.46. The Hall–Kier alpha value is -0.0900. The number of rotatable bonds is 4. The van der Waals surface area contributed by atoms with Crippen molar-refractivity contribution >= 4 is 9.84 Å². The van der Waals surface area contributed by atoms with Crippen LogP contribution in [0.1, 0.15) is 58.8 Å². The van der Waals surface area contributed by atoms with Crippen molar-refractivity contribution in [1.29, 1.82) is 0 Å². The van der Waals surface area contributed by atoms with Gasteiger partial charge in [0.1, 0.15) is 0 Å². The Bertz CT molecular complexity index is 313. The van der Waals surface area contributed by atoms with Crippen LogP contribution in [0.2, 0.25) is 0 Å². The molecule has 1 aliphatic carbocycles. The van der Waals surface area contributed by atoms with Gasteiger partial charge in [-0.3, -0.25) is 0 Å². The van der Waals surface area contributed by atoms with Crippen LogP contribution in [-0.4, -0.2) is 32.0 Å². The highest BCUT2D eigenvalue weighted by Crippen LogP contribution is 2.26. The zero-order chi connectivity index (χ0) is 12.9. The molecule has 1 aliphatic rings. The van der Waals surface area contributed by atoms with Crippen LogP contribution in [-0.2, 0) is 9.84 Å². The van der Waals surface area contributed by atoms with Crippen LogP contribution in [0.5, 0.6) is 0 Å². The SMILES string of the molecule is CCC(C)S(=O)(=O)C1CCCCCCC1NC. The summed E-state index contributed by atoms with van der Waals surface area (Å²) in [7, 11) is -1.08. The first kappa shape index (κ1) is 15.0. The van der Waals surface area contributed by atoms with Gasteiger partial charge in [0.25, 0.3) is 0 Å². The zero-order valence-electron chi connectivity index (χ0n) is 11.4. The molecule has 0 amide bonds. The summed E-state index contributed by atoms with van der Waals surface area (Å²) in [6.07, 6.45) is 7.18. The zero-order valence-corrected chi connectivity index (χ0v) is 12.2. The first-order valence-corrected chi connectivity index (χ1v) is 8.55. The van der Waals surface area contributed by atoms with E-state index in [2.05, 4.69) is 5.32 Å². The van der Waals surface area contributed by atoms with Crippen molar-refractivity contribution in [1.82, 2.24) is 5.32 Å². The van der Waals surface area contributed by atoms with Gasteiger partial charge >= 0.3 is 0 Å². The number of nitrogens with one attached hydrogen (secondary N) is 1. The van der Waals surface area contributed by atoms with Gasteiger partial charge in [-0.1, -0.05) is 32.6 Å². The highest BCUT2D eigenvalue weighted by Gasteiger charge is 2.35. The molecule has 17 heavy (non-hydrogen) atoms. The number of sulfone groups is 1. The van der Waals surface area contributed by atoms with E-state index in [0.29, 0.717) is 0 Å². The summed E-state index contributed by atoms with van der Waals surface area (Å²) in [4.78, 5) is 0. The Morgan fingerprint density at radius 1 is 1.18 bits per heavy atom. The van der Waals surface area contributed by atoms with Gasteiger partial charge in [0.05, 0.1) is 10.5 Å². The third-order valence-corrected chi connectivity index (χ3v) is 6.99. The summed E-state index contributed by atoms with van der Waals surface area (Å²) in [5.74, 6) is 0. The van der Waals surface area contributed by atoms with Crippen LogP contribution in [0.3, 0.4) is 0 Å². The molecule has 0 aromatic rings. The fraction of sp³-hybridized carbons (Fsp3) is 1.00. The number of hydrogen-bond donors (Lipinski definition) is 1. The van der Waals surface area contributed by atoms with Crippen molar-refractivity contribution in [3.8, 4) is 0 Å². The molecule has 1 fully saturated rings. The van der Waals surface area contributed by atoms with Crippen molar-refractivity contribution in [2.45, 2.75) is 75.3 Å². The molecule has 0 radical (unpaired) electrons. The van der Waals surface area contributed by atoms with Gasteiger partial charge in [-0.15, -0.1) is 0 Å². The fourth-order valence-corrected chi connectivity index (χ4v) is 4.99. The average Bonchev–Trinajstić information content (AvgIpc) is 2.27. The monoisotopic (exact) mass is 261 g/mol. The third-order valence-electron chi connectivity index (χ3n) is 4.13. The maximum absolute atomic E-state index is 12.5. The second-order valence-corrected chi connectivity index (χ2v) is 7.82. The Balaban J connectivity index is 2.88. The minimum absolute atomic E-state index is 0.147. The molecule has 3 nitrogen and oxygen atoms in total. The van der Waals surface area contributed by atoms with E-state index in [1.54, 1.807) is 0 Å². The molecular weight excluding hydrogens is 234 g/mol. The first-order valence-electron chi connectivity index (χ1n) is 6.94. The van der Waals surface area contributed by atoms with E-state index in [9.17, 15) is 8.42 Å². The molecule has 0 aliphatic heterocycles. The maximum Gasteiger partial charge on any atom is 0.157 e. The minimum atomic E-state index is -2.98. The lowest BCUT2D eigenvalue weighted by atomic mass is 9.96.